The summed E-state index contributed by atoms with van der Waals surface area (Å²) >= 11 is 17.8. The first-order chi connectivity index (χ1) is 13.3. The normalized spacial score (nSPS) is 15.5. The van der Waals surface area contributed by atoms with E-state index < -0.39 is 0 Å². The maximum Gasteiger partial charge on any atom is 0.276 e. The van der Waals surface area contributed by atoms with Crippen molar-refractivity contribution in [1.29, 1.82) is 0 Å². The van der Waals surface area contributed by atoms with Crippen molar-refractivity contribution in [2.75, 3.05) is 21.2 Å². The molecule has 1 aliphatic rings. The van der Waals surface area contributed by atoms with Crippen molar-refractivity contribution < 1.29 is 14.3 Å². The highest BCUT2D eigenvalue weighted by Crippen LogP contribution is 2.38. The van der Waals surface area contributed by atoms with Crippen molar-refractivity contribution in [1.82, 2.24) is 9.80 Å². The van der Waals surface area contributed by atoms with E-state index in [2.05, 4.69) is 0 Å². The summed E-state index contributed by atoms with van der Waals surface area (Å²) in [5.41, 5.74) is 1.99. The first kappa shape index (κ1) is 20.5. The van der Waals surface area contributed by atoms with Gasteiger partial charge in [-0.1, -0.05) is 41.4 Å². The molecule has 0 unspecified atom stereocenters. The molecule has 1 aliphatic heterocycles. The highest BCUT2D eigenvalue weighted by molar-refractivity contribution is 7.80. The van der Waals surface area contributed by atoms with E-state index in [1.807, 2.05) is 18.2 Å². The number of amides is 1. The fourth-order valence-electron chi connectivity index (χ4n) is 2.78. The summed E-state index contributed by atoms with van der Waals surface area (Å²) in [6.07, 6.45) is 1.71. The summed E-state index contributed by atoms with van der Waals surface area (Å²) < 4.78 is 11.3. The molecule has 5 nitrogen and oxygen atoms in total. The molecular formula is C20H18Cl2N2O3S. The van der Waals surface area contributed by atoms with Gasteiger partial charge in [-0.05, 0) is 42.1 Å². The van der Waals surface area contributed by atoms with Crippen molar-refractivity contribution >= 4 is 52.5 Å². The Kier molecular flexibility index (Phi) is 6.13. The topological polar surface area (TPSA) is 42.0 Å². The number of nitrogens with zero attached hydrogens (tertiary/aromatic N) is 2. The molecule has 3 rings (SSSR count). The predicted molar refractivity (Wildman–Crippen MR) is 115 cm³/mol. The number of rotatable bonds is 5. The minimum Gasteiger partial charge on any atom is -0.493 e. The van der Waals surface area contributed by atoms with Crippen molar-refractivity contribution in [2.45, 2.75) is 6.61 Å². The van der Waals surface area contributed by atoms with Crippen LogP contribution in [0.3, 0.4) is 0 Å². The second-order valence-electron chi connectivity index (χ2n) is 6.15. The van der Waals surface area contributed by atoms with Gasteiger partial charge in [-0.3, -0.25) is 9.69 Å². The van der Waals surface area contributed by atoms with Crippen LogP contribution in [0.25, 0.3) is 6.08 Å². The van der Waals surface area contributed by atoms with E-state index in [9.17, 15) is 4.79 Å². The fourth-order valence-corrected chi connectivity index (χ4v) is 3.42. The average molecular weight is 437 g/mol. The quantitative estimate of drug-likeness (QED) is 0.505. The minimum atomic E-state index is -0.179. The van der Waals surface area contributed by atoms with Crippen LogP contribution in [0.1, 0.15) is 11.1 Å². The lowest BCUT2D eigenvalue weighted by Crippen LogP contribution is -2.26. The summed E-state index contributed by atoms with van der Waals surface area (Å²) in [7, 11) is 4.91. The third-order valence-corrected chi connectivity index (χ3v) is 5.54. The smallest absolute Gasteiger partial charge is 0.276 e. The Morgan fingerprint density at radius 1 is 1.11 bits per heavy atom. The molecule has 146 valence electrons. The first-order valence-corrected chi connectivity index (χ1v) is 9.51. The molecule has 0 aromatic heterocycles. The number of thiocarbonyl (C=S) groups is 1. The van der Waals surface area contributed by atoms with E-state index >= 15 is 0 Å². The van der Waals surface area contributed by atoms with Crippen molar-refractivity contribution in [2.24, 2.45) is 0 Å². The molecule has 0 radical (unpaired) electrons. The predicted octanol–water partition coefficient (Wildman–Crippen LogP) is 4.61. The van der Waals surface area contributed by atoms with Gasteiger partial charge in [0.1, 0.15) is 12.3 Å². The van der Waals surface area contributed by atoms with Gasteiger partial charge in [-0.2, -0.15) is 0 Å². The van der Waals surface area contributed by atoms with Gasteiger partial charge in [0.05, 0.1) is 12.1 Å². The number of carbonyl (C=O) groups is 1. The molecule has 0 atom stereocenters. The van der Waals surface area contributed by atoms with Crippen LogP contribution in [0.5, 0.6) is 11.5 Å². The van der Waals surface area contributed by atoms with Gasteiger partial charge < -0.3 is 14.4 Å². The number of likely N-dealkylation sites (N-methyl/N-ethyl adjacent to an activating group) is 2. The van der Waals surface area contributed by atoms with Gasteiger partial charge in [0.25, 0.3) is 5.91 Å². The van der Waals surface area contributed by atoms with Crippen LogP contribution in [-0.2, 0) is 11.4 Å². The largest absolute Gasteiger partial charge is 0.493 e. The lowest BCUT2D eigenvalue weighted by molar-refractivity contribution is -0.121. The Balaban J connectivity index is 1.90. The van der Waals surface area contributed by atoms with Crippen molar-refractivity contribution in [3.8, 4) is 11.5 Å². The maximum absolute atomic E-state index is 12.4. The monoisotopic (exact) mass is 436 g/mol. The number of methoxy groups -OCH3 is 1. The number of hydrogen-bond donors (Lipinski definition) is 0. The van der Waals surface area contributed by atoms with Crippen LogP contribution in [0.15, 0.2) is 42.1 Å². The number of benzene rings is 2. The van der Waals surface area contributed by atoms with Crippen LogP contribution >= 0.6 is 35.4 Å². The van der Waals surface area contributed by atoms with E-state index in [0.29, 0.717) is 37.9 Å². The van der Waals surface area contributed by atoms with Gasteiger partial charge in [-0.25, -0.2) is 0 Å². The summed E-state index contributed by atoms with van der Waals surface area (Å²) in [5, 5.41) is 1.41. The number of halogens is 2. The molecule has 2 aromatic carbocycles. The number of ether oxygens (including phenoxy) is 2. The summed E-state index contributed by atoms with van der Waals surface area (Å²) in [4.78, 5) is 15.4. The second-order valence-corrected chi connectivity index (χ2v) is 7.33. The van der Waals surface area contributed by atoms with Crippen LogP contribution in [0.4, 0.5) is 0 Å². The highest BCUT2D eigenvalue weighted by Gasteiger charge is 2.32. The van der Waals surface area contributed by atoms with Crippen molar-refractivity contribution in [3.63, 3.8) is 0 Å². The molecule has 1 saturated heterocycles. The Labute approximate surface area is 179 Å². The molecule has 0 saturated carbocycles. The average Bonchev–Trinajstić information content (AvgIpc) is 2.86. The maximum atomic E-state index is 12.4. The molecule has 28 heavy (non-hydrogen) atoms. The molecule has 1 fully saturated rings. The second kappa shape index (κ2) is 8.39. The summed E-state index contributed by atoms with van der Waals surface area (Å²) in [6.45, 7) is 0.247. The van der Waals surface area contributed by atoms with Crippen molar-refractivity contribution in [3.05, 3.63) is 63.3 Å². The van der Waals surface area contributed by atoms with E-state index in [1.54, 1.807) is 43.3 Å². The number of hydrogen-bond acceptors (Lipinski definition) is 4. The summed E-state index contributed by atoms with van der Waals surface area (Å²) in [6, 6.07) is 10.9. The van der Waals surface area contributed by atoms with Crippen LogP contribution < -0.4 is 9.47 Å². The molecule has 8 heteroatoms. The standard InChI is InChI=1S/C20H18Cl2N2O3S/c1-23-16(19(25)24(2)20(23)28)9-12-8-15(22)18(17(10-12)26-3)27-11-13-6-4-5-7-14(13)21/h4-10H,11H2,1-3H3. The van der Waals surface area contributed by atoms with E-state index in [-0.39, 0.29) is 12.5 Å². The Hall–Kier alpha value is -2.28. The van der Waals surface area contributed by atoms with E-state index in [0.717, 1.165) is 5.56 Å². The molecular weight excluding hydrogens is 419 g/mol. The zero-order chi connectivity index (χ0) is 20.4. The Morgan fingerprint density at radius 3 is 2.43 bits per heavy atom. The zero-order valence-corrected chi connectivity index (χ0v) is 17.9. The van der Waals surface area contributed by atoms with Gasteiger partial charge >= 0.3 is 0 Å². The minimum absolute atomic E-state index is 0.179. The molecule has 0 bridgehead atoms. The third kappa shape index (κ3) is 3.94. The SMILES string of the molecule is COc1cc(C=C2C(=O)N(C)C(=S)N2C)cc(Cl)c1OCc1ccccc1Cl. The molecule has 0 aliphatic carbocycles. The van der Waals surface area contributed by atoms with Gasteiger partial charge in [0, 0.05) is 24.7 Å². The van der Waals surface area contributed by atoms with Gasteiger partial charge in [0.2, 0.25) is 0 Å². The molecule has 1 heterocycles. The van der Waals surface area contributed by atoms with E-state index in [4.69, 9.17) is 44.9 Å². The molecule has 1 amide bonds. The lowest BCUT2D eigenvalue weighted by Gasteiger charge is -2.15. The molecule has 0 spiro atoms. The van der Waals surface area contributed by atoms with Crippen LogP contribution in [0.2, 0.25) is 10.0 Å². The first-order valence-electron chi connectivity index (χ1n) is 8.34. The summed E-state index contributed by atoms with van der Waals surface area (Å²) in [5.74, 6) is 0.682. The lowest BCUT2D eigenvalue weighted by atomic mass is 10.1. The number of carbonyl (C=O) groups excluding carboxylic acids is 1. The van der Waals surface area contributed by atoms with Gasteiger partial charge in [-0.15, -0.1) is 0 Å². The molecule has 0 N–H and O–H groups in total. The van der Waals surface area contributed by atoms with Gasteiger partial charge in [0.15, 0.2) is 16.6 Å². The zero-order valence-electron chi connectivity index (χ0n) is 15.5. The van der Waals surface area contributed by atoms with E-state index in [1.165, 1.54) is 12.0 Å². The fraction of sp³-hybridized carbons (Fsp3) is 0.200. The van der Waals surface area contributed by atoms with Crippen LogP contribution in [-0.4, -0.2) is 42.0 Å². The Morgan fingerprint density at radius 2 is 1.82 bits per heavy atom. The third-order valence-electron chi connectivity index (χ3n) is 4.34. The molecule has 2 aromatic rings. The Bertz CT molecular complexity index is 978. The highest BCUT2D eigenvalue weighted by atomic mass is 35.5. The van der Waals surface area contributed by atoms with Crippen LogP contribution in [0, 0.1) is 0 Å².